The molecule has 2 N–H and O–H groups in total. The first-order valence-corrected chi connectivity index (χ1v) is 20.4. The number of nitrogens with one attached hydrogen (secondary N) is 2. The highest BCUT2D eigenvalue weighted by molar-refractivity contribution is 6.76. The first kappa shape index (κ1) is 31.6. The Morgan fingerprint density at radius 1 is 0.771 bits per heavy atom. The highest BCUT2D eigenvalue weighted by Gasteiger charge is 2.28. The lowest BCUT2D eigenvalue weighted by molar-refractivity contribution is 0.0525. The Morgan fingerprint density at radius 3 is 1.92 bits per heavy atom. The molecule has 2 aliphatic heterocycles. The van der Waals surface area contributed by atoms with Crippen LogP contribution in [0.3, 0.4) is 0 Å². The Labute approximate surface area is 283 Å². The molecule has 0 fully saturated rings. The van der Waals surface area contributed by atoms with Gasteiger partial charge in [-0.05, 0) is 84.8 Å². The van der Waals surface area contributed by atoms with E-state index in [-0.39, 0.29) is 11.4 Å². The van der Waals surface area contributed by atoms with Crippen molar-refractivity contribution in [3.63, 3.8) is 0 Å². The van der Waals surface area contributed by atoms with Gasteiger partial charge in [0.2, 0.25) is 0 Å². The number of ether oxygens (including phenoxy) is 1. The SMILES string of the molecule is Cc1ccc(-c2c3nc(c(-c4ccc(C(=O)OCC[Si](C)(C)C)cc4)c4ccc(cc5nc(cc6ccc2[nH]6)C(C)(C)C5)[nH]4)C=C3)cc1. The number of fused-ring (bicyclic) bond motifs is 8. The van der Waals surface area contributed by atoms with Crippen molar-refractivity contribution in [2.45, 2.75) is 58.3 Å². The van der Waals surface area contributed by atoms with Gasteiger partial charge in [0.05, 0.1) is 23.6 Å². The molecule has 48 heavy (non-hydrogen) atoms. The van der Waals surface area contributed by atoms with E-state index in [1.807, 2.05) is 24.3 Å². The minimum absolute atomic E-state index is 0.0966. The smallest absolute Gasteiger partial charge is 0.338 e. The quantitative estimate of drug-likeness (QED) is 0.139. The van der Waals surface area contributed by atoms with Crippen LogP contribution in [0.5, 0.6) is 0 Å². The predicted octanol–water partition coefficient (Wildman–Crippen LogP) is 10.1. The van der Waals surface area contributed by atoms with Crippen LogP contribution in [-0.4, -0.2) is 40.6 Å². The van der Waals surface area contributed by atoms with Crippen LogP contribution >= 0.6 is 0 Å². The Kier molecular flexibility index (Phi) is 8.04. The summed E-state index contributed by atoms with van der Waals surface area (Å²) >= 11 is 0. The Balaban J connectivity index is 1.44. The van der Waals surface area contributed by atoms with Gasteiger partial charge in [-0.2, -0.15) is 0 Å². The van der Waals surface area contributed by atoms with Gasteiger partial charge in [-0.25, -0.2) is 9.78 Å². The predicted molar refractivity (Wildman–Crippen MR) is 201 cm³/mol. The van der Waals surface area contributed by atoms with Gasteiger partial charge in [0.1, 0.15) is 0 Å². The van der Waals surface area contributed by atoms with Crippen molar-refractivity contribution in [1.29, 1.82) is 0 Å². The zero-order valence-electron chi connectivity index (χ0n) is 28.6. The normalized spacial score (nSPS) is 13.9. The molecule has 0 atom stereocenters. The summed E-state index contributed by atoms with van der Waals surface area (Å²) in [5, 5.41) is 0. The summed E-state index contributed by atoms with van der Waals surface area (Å²) in [6.45, 7) is 13.9. The molecule has 7 heteroatoms. The zero-order chi connectivity index (χ0) is 33.6. The molecule has 0 radical (unpaired) electrons. The second-order valence-electron chi connectivity index (χ2n) is 14.8. The summed E-state index contributed by atoms with van der Waals surface area (Å²) in [7, 11) is -1.30. The standard InChI is InChI=1S/C41H42N4O2Si/c1-26-7-9-27(10-8-26)38-34-18-16-31(43-34)24-37-41(2,3)25-32(44-37)23-30-15-17-33(42-30)39(36-20-19-35(38)45-36)28-11-13-29(14-12-28)40(46)47-21-22-48(4,5)6/h7-20,23-24,42-43H,21-22,25H2,1-6H3. The number of hydrogen-bond donors (Lipinski definition) is 2. The van der Waals surface area contributed by atoms with Crippen LogP contribution in [0.15, 0.2) is 84.9 Å². The van der Waals surface area contributed by atoms with Gasteiger partial charge in [-0.15, -0.1) is 0 Å². The van der Waals surface area contributed by atoms with E-state index in [9.17, 15) is 4.79 Å². The number of carbonyl (C=O) groups is 1. The number of nitrogens with zero attached hydrogens (tertiary/aromatic N) is 2. The van der Waals surface area contributed by atoms with Crippen molar-refractivity contribution in [3.8, 4) is 22.3 Å². The topological polar surface area (TPSA) is 83.7 Å². The van der Waals surface area contributed by atoms with Crippen LogP contribution in [0.25, 0.3) is 56.5 Å². The Bertz CT molecular complexity index is 2220. The van der Waals surface area contributed by atoms with E-state index in [4.69, 9.17) is 14.7 Å². The Hall–Kier alpha value is -5.01. The van der Waals surface area contributed by atoms with Crippen LogP contribution in [-0.2, 0) is 16.6 Å². The Morgan fingerprint density at radius 2 is 1.33 bits per heavy atom. The number of carbonyl (C=O) groups excluding carboxylic acids is 1. The average Bonchev–Trinajstić information content (AvgIpc) is 3.84. The number of H-pyrrole nitrogens is 2. The summed E-state index contributed by atoms with van der Waals surface area (Å²) in [5.74, 6) is -0.287. The summed E-state index contributed by atoms with van der Waals surface area (Å²) in [6, 6.07) is 30.0. The maximum absolute atomic E-state index is 12.9. The minimum atomic E-state index is -1.30. The van der Waals surface area contributed by atoms with Gasteiger partial charge >= 0.3 is 5.97 Å². The monoisotopic (exact) mass is 650 g/mol. The van der Waals surface area contributed by atoms with Crippen molar-refractivity contribution in [3.05, 3.63) is 119 Å². The molecule has 0 saturated carbocycles. The molecule has 7 rings (SSSR count). The van der Waals surface area contributed by atoms with Gasteiger partial charge in [-0.3, -0.25) is 4.98 Å². The van der Waals surface area contributed by atoms with E-state index >= 15 is 0 Å². The first-order chi connectivity index (χ1) is 22.9. The molecular formula is C41H42N4O2Si. The maximum Gasteiger partial charge on any atom is 0.338 e. The summed E-state index contributed by atoms with van der Waals surface area (Å²) in [6.07, 6.45) is 5.03. The highest BCUT2D eigenvalue weighted by Crippen LogP contribution is 2.36. The van der Waals surface area contributed by atoms with E-state index in [2.05, 4.69) is 123 Å². The number of hydrogen-bond acceptors (Lipinski definition) is 4. The van der Waals surface area contributed by atoms with Crippen molar-refractivity contribution >= 4 is 48.3 Å². The fourth-order valence-electron chi connectivity index (χ4n) is 6.36. The molecule has 8 bridgehead atoms. The van der Waals surface area contributed by atoms with Gasteiger partial charge in [0.15, 0.2) is 0 Å². The lowest BCUT2D eigenvalue weighted by Gasteiger charge is -2.15. The fraction of sp³-hybridized carbons (Fsp3) is 0.244. The zero-order valence-corrected chi connectivity index (χ0v) is 29.6. The van der Waals surface area contributed by atoms with E-state index in [1.165, 1.54) is 5.56 Å². The number of benzene rings is 2. The molecule has 3 aromatic heterocycles. The van der Waals surface area contributed by atoms with Crippen molar-refractivity contribution in [2.75, 3.05) is 6.61 Å². The minimum Gasteiger partial charge on any atom is -0.462 e. The van der Waals surface area contributed by atoms with Gasteiger partial charge < -0.3 is 14.7 Å². The van der Waals surface area contributed by atoms with Crippen molar-refractivity contribution in [2.24, 2.45) is 0 Å². The van der Waals surface area contributed by atoms with E-state index in [1.54, 1.807) is 0 Å². The lowest BCUT2D eigenvalue weighted by Crippen LogP contribution is -2.22. The molecule has 5 heterocycles. The van der Waals surface area contributed by atoms with Crippen LogP contribution in [0.1, 0.15) is 52.5 Å². The number of aryl methyl sites for hydroxylation is 1. The van der Waals surface area contributed by atoms with Crippen molar-refractivity contribution in [1.82, 2.24) is 19.9 Å². The van der Waals surface area contributed by atoms with Crippen LogP contribution in [0.4, 0.5) is 0 Å². The molecule has 0 aliphatic carbocycles. The summed E-state index contributed by atoms with van der Waals surface area (Å²) in [5.41, 5.74) is 13.4. The number of aromatic amines is 2. The van der Waals surface area contributed by atoms with E-state index in [0.717, 1.165) is 79.6 Å². The molecule has 0 saturated heterocycles. The third-order valence-electron chi connectivity index (χ3n) is 9.14. The molecule has 242 valence electrons. The molecule has 2 aromatic carbocycles. The molecule has 0 unspecified atom stereocenters. The molecule has 2 aliphatic rings. The highest BCUT2D eigenvalue weighted by atomic mass is 28.3. The lowest BCUT2D eigenvalue weighted by atomic mass is 9.87. The molecule has 0 amide bonds. The third kappa shape index (κ3) is 6.56. The summed E-state index contributed by atoms with van der Waals surface area (Å²) in [4.78, 5) is 30.6. The first-order valence-electron chi connectivity index (χ1n) is 16.7. The second kappa shape index (κ2) is 12.2. The number of aromatic nitrogens is 4. The van der Waals surface area contributed by atoms with E-state index < -0.39 is 8.07 Å². The number of rotatable bonds is 6. The molecule has 0 spiro atoms. The van der Waals surface area contributed by atoms with Gasteiger partial charge in [0, 0.05) is 64.5 Å². The van der Waals surface area contributed by atoms with Crippen molar-refractivity contribution < 1.29 is 9.53 Å². The van der Waals surface area contributed by atoms with E-state index in [0.29, 0.717) is 12.2 Å². The number of esters is 1. The van der Waals surface area contributed by atoms with Crippen LogP contribution in [0.2, 0.25) is 25.7 Å². The molecular weight excluding hydrogens is 609 g/mol. The maximum atomic E-state index is 12.9. The molecule has 5 aromatic rings. The van der Waals surface area contributed by atoms with Gasteiger partial charge in [-0.1, -0.05) is 75.5 Å². The van der Waals surface area contributed by atoms with Crippen LogP contribution in [0, 0.1) is 6.92 Å². The second-order valence-corrected chi connectivity index (χ2v) is 20.5. The molecule has 6 nitrogen and oxygen atoms in total. The largest absolute Gasteiger partial charge is 0.462 e. The fourth-order valence-corrected chi connectivity index (χ4v) is 7.07. The third-order valence-corrected chi connectivity index (χ3v) is 10.8. The van der Waals surface area contributed by atoms with Gasteiger partial charge in [0.25, 0.3) is 0 Å². The van der Waals surface area contributed by atoms with Crippen LogP contribution < -0.4 is 0 Å². The summed E-state index contributed by atoms with van der Waals surface area (Å²) < 4.78 is 5.63. The average molecular weight is 651 g/mol.